The number of thiazole rings is 1. The maximum atomic E-state index is 11.8. The summed E-state index contributed by atoms with van der Waals surface area (Å²) in [5.74, 6) is -0.158. The summed E-state index contributed by atoms with van der Waals surface area (Å²) in [5, 5.41) is 16.3. The Morgan fingerprint density at radius 3 is 3.05 bits per heavy atom. The summed E-state index contributed by atoms with van der Waals surface area (Å²) in [6.07, 6.45) is 1.76. The third-order valence-electron chi connectivity index (χ3n) is 2.31. The van der Waals surface area contributed by atoms with E-state index < -0.39 is 0 Å². The summed E-state index contributed by atoms with van der Waals surface area (Å²) in [7, 11) is 0. The Hall–Kier alpha value is -1.80. The maximum absolute atomic E-state index is 11.8. The van der Waals surface area contributed by atoms with Crippen molar-refractivity contribution in [2.75, 3.05) is 11.9 Å². The third kappa shape index (κ3) is 4.11. The molecular weight excluding hydrogens is 264 g/mol. The van der Waals surface area contributed by atoms with Crippen LogP contribution in [0.5, 0.6) is 0 Å². The second-order valence-corrected chi connectivity index (χ2v) is 4.89. The predicted octanol–water partition coefficient (Wildman–Crippen LogP) is 0.791. The molecule has 0 fully saturated rings. The molecule has 0 saturated carbocycles. The zero-order chi connectivity index (χ0) is 13.7. The first-order chi connectivity index (χ1) is 9.17. The van der Waals surface area contributed by atoms with Gasteiger partial charge in [0.05, 0.1) is 17.6 Å². The molecule has 0 radical (unpaired) electrons. The van der Waals surface area contributed by atoms with E-state index in [0.29, 0.717) is 11.7 Å². The summed E-state index contributed by atoms with van der Waals surface area (Å²) in [5.41, 5.74) is 1.72. The Labute approximate surface area is 115 Å². The van der Waals surface area contributed by atoms with E-state index in [-0.39, 0.29) is 12.5 Å². The van der Waals surface area contributed by atoms with Crippen LogP contribution in [-0.2, 0) is 17.9 Å². The number of aryl methyl sites for hydroxylation is 1. The van der Waals surface area contributed by atoms with Gasteiger partial charge in [0.1, 0.15) is 6.54 Å². The van der Waals surface area contributed by atoms with E-state index in [1.165, 1.54) is 16.0 Å². The number of carbonyl (C=O) groups excluding carboxylic acids is 1. The summed E-state index contributed by atoms with van der Waals surface area (Å²) in [4.78, 5) is 15.9. The van der Waals surface area contributed by atoms with Gasteiger partial charge in [-0.25, -0.2) is 9.67 Å². The standard InChI is InChI=1S/C11H16N6OS/c1-3-12-4-9-5-17(16-15-9)6-10(18)14-11-13-8(2)7-19-11/h5,7,12H,3-4,6H2,1-2H3,(H,13,14,18). The summed E-state index contributed by atoms with van der Waals surface area (Å²) >= 11 is 1.41. The summed E-state index contributed by atoms with van der Waals surface area (Å²) in [6.45, 7) is 5.57. The highest BCUT2D eigenvalue weighted by atomic mass is 32.1. The van der Waals surface area contributed by atoms with Crippen LogP contribution in [0.15, 0.2) is 11.6 Å². The largest absolute Gasteiger partial charge is 0.311 e. The van der Waals surface area contributed by atoms with Crippen molar-refractivity contribution < 1.29 is 4.79 Å². The van der Waals surface area contributed by atoms with Crippen molar-refractivity contribution in [3.63, 3.8) is 0 Å². The molecule has 8 heteroatoms. The molecule has 0 aliphatic carbocycles. The van der Waals surface area contributed by atoms with Gasteiger partial charge in [-0.3, -0.25) is 4.79 Å². The molecule has 0 saturated heterocycles. The number of hydrogen-bond donors (Lipinski definition) is 2. The van der Waals surface area contributed by atoms with Crippen molar-refractivity contribution in [1.29, 1.82) is 0 Å². The van der Waals surface area contributed by atoms with Gasteiger partial charge < -0.3 is 10.6 Å². The van der Waals surface area contributed by atoms with Gasteiger partial charge in [-0.15, -0.1) is 16.4 Å². The van der Waals surface area contributed by atoms with Crippen LogP contribution in [0.25, 0.3) is 0 Å². The van der Waals surface area contributed by atoms with Crippen LogP contribution in [0.3, 0.4) is 0 Å². The monoisotopic (exact) mass is 280 g/mol. The van der Waals surface area contributed by atoms with Crippen LogP contribution in [0.4, 0.5) is 5.13 Å². The van der Waals surface area contributed by atoms with Gasteiger partial charge >= 0.3 is 0 Å². The average molecular weight is 280 g/mol. The zero-order valence-electron chi connectivity index (χ0n) is 10.9. The minimum atomic E-state index is -0.158. The average Bonchev–Trinajstić information content (AvgIpc) is 2.96. The first-order valence-corrected chi connectivity index (χ1v) is 6.87. The molecule has 7 nitrogen and oxygen atoms in total. The number of rotatable bonds is 6. The van der Waals surface area contributed by atoms with Gasteiger partial charge in [0.15, 0.2) is 5.13 Å². The molecule has 19 heavy (non-hydrogen) atoms. The fraction of sp³-hybridized carbons (Fsp3) is 0.455. The summed E-state index contributed by atoms with van der Waals surface area (Å²) < 4.78 is 1.52. The Bertz CT molecular complexity index is 549. The van der Waals surface area contributed by atoms with Crippen LogP contribution in [-0.4, -0.2) is 32.4 Å². The zero-order valence-corrected chi connectivity index (χ0v) is 11.7. The van der Waals surface area contributed by atoms with Crippen molar-refractivity contribution >= 4 is 22.4 Å². The molecule has 0 aromatic carbocycles. The van der Waals surface area contributed by atoms with Crippen LogP contribution in [0, 0.1) is 6.92 Å². The minimum absolute atomic E-state index is 0.137. The SMILES string of the molecule is CCNCc1cn(CC(=O)Nc2nc(C)cs2)nn1. The molecule has 1 amide bonds. The molecular formula is C11H16N6OS. The van der Waals surface area contributed by atoms with Crippen molar-refractivity contribution in [2.24, 2.45) is 0 Å². The lowest BCUT2D eigenvalue weighted by Gasteiger charge is -2.00. The highest BCUT2D eigenvalue weighted by molar-refractivity contribution is 7.13. The molecule has 0 aliphatic rings. The number of aromatic nitrogens is 4. The molecule has 102 valence electrons. The van der Waals surface area contributed by atoms with Crippen LogP contribution in [0.1, 0.15) is 18.3 Å². The van der Waals surface area contributed by atoms with E-state index in [0.717, 1.165) is 17.9 Å². The minimum Gasteiger partial charge on any atom is -0.311 e. The molecule has 0 unspecified atom stereocenters. The quantitative estimate of drug-likeness (QED) is 0.817. The molecule has 2 rings (SSSR count). The topological polar surface area (TPSA) is 84.7 Å². The molecule has 0 bridgehead atoms. The lowest BCUT2D eigenvalue weighted by atomic mass is 10.4. The lowest BCUT2D eigenvalue weighted by molar-refractivity contribution is -0.116. The molecule has 2 aromatic heterocycles. The molecule has 2 heterocycles. The van der Waals surface area contributed by atoms with Crippen molar-refractivity contribution in [3.8, 4) is 0 Å². The fourth-order valence-electron chi connectivity index (χ4n) is 1.47. The smallest absolute Gasteiger partial charge is 0.247 e. The van der Waals surface area contributed by atoms with Crippen LogP contribution in [0.2, 0.25) is 0 Å². The Balaban J connectivity index is 1.86. The number of hydrogen-bond acceptors (Lipinski definition) is 6. The van der Waals surface area contributed by atoms with E-state index in [1.54, 1.807) is 6.20 Å². The molecule has 2 aromatic rings. The van der Waals surface area contributed by atoms with Crippen LogP contribution < -0.4 is 10.6 Å². The molecule has 0 spiro atoms. The second-order valence-electron chi connectivity index (χ2n) is 4.03. The van der Waals surface area contributed by atoms with E-state index in [2.05, 4.69) is 25.9 Å². The van der Waals surface area contributed by atoms with Crippen molar-refractivity contribution in [3.05, 3.63) is 23.0 Å². The molecule has 2 N–H and O–H groups in total. The predicted molar refractivity (Wildman–Crippen MR) is 72.9 cm³/mol. The van der Waals surface area contributed by atoms with E-state index >= 15 is 0 Å². The highest BCUT2D eigenvalue weighted by Crippen LogP contribution is 2.14. The van der Waals surface area contributed by atoms with Gasteiger partial charge in [0.25, 0.3) is 0 Å². The van der Waals surface area contributed by atoms with Gasteiger partial charge in [0.2, 0.25) is 5.91 Å². The Morgan fingerprint density at radius 2 is 2.37 bits per heavy atom. The number of nitrogens with one attached hydrogen (secondary N) is 2. The Morgan fingerprint density at radius 1 is 1.53 bits per heavy atom. The van der Waals surface area contributed by atoms with E-state index in [1.807, 2.05) is 19.2 Å². The van der Waals surface area contributed by atoms with Gasteiger partial charge in [-0.1, -0.05) is 12.1 Å². The van der Waals surface area contributed by atoms with Crippen LogP contribution >= 0.6 is 11.3 Å². The third-order valence-corrected chi connectivity index (χ3v) is 3.19. The first-order valence-electron chi connectivity index (χ1n) is 5.99. The van der Waals surface area contributed by atoms with E-state index in [4.69, 9.17) is 0 Å². The number of amides is 1. The van der Waals surface area contributed by atoms with Crippen molar-refractivity contribution in [2.45, 2.75) is 26.9 Å². The molecule has 0 atom stereocenters. The number of anilines is 1. The second kappa shape index (κ2) is 6.39. The number of nitrogens with zero attached hydrogens (tertiary/aromatic N) is 4. The normalized spacial score (nSPS) is 10.6. The molecule has 0 aliphatic heterocycles. The van der Waals surface area contributed by atoms with E-state index in [9.17, 15) is 4.79 Å². The highest BCUT2D eigenvalue weighted by Gasteiger charge is 2.08. The lowest BCUT2D eigenvalue weighted by Crippen LogP contribution is -2.19. The number of carbonyl (C=O) groups is 1. The van der Waals surface area contributed by atoms with Gasteiger partial charge in [0, 0.05) is 11.9 Å². The van der Waals surface area contributed by atoms with Gasteiger partial charge in [-0.2, -0.15) is 0 Å². The summed E-state index contributed by atoms with van der Waals surface area (Å²) in [6, 6.07) is 0. The fourth-order valence-corrected chi connectivity index (χ4v) is 2.17. The first kappa shape index (κ1) is 13.6. The maximum Gasteiger partial charge on any atom is 0.247 e. The Kier molecular flexibility index (Phi) is 4.58. The van der Waals surface area contributed by atoms with Crippen molar-refractivity contribution in [1.82, 2.24) is 25.3 Å². The van der Waals surface area contributed by atoms with Gasteiger partial charge in [-0.05, 0) is 13.5 Å².